The minimum atomic E-state index is 0.298. The van der Waals surface area contributed by atoms with Crippen molar-refractivity contribution in [1.82, 2.24) is 9.97 Å². The zero-order valence-electron chi connectivity index (χ0n) is 12.6. The molecule has 0 spiro atoms. The van der Waals surface area contributed by atoms with E-state index in [0.29, 0.717) is 19.1 Å². The van der Waals surface area contributed by atoms with E-state index < -0.39 is 0 Å². The van der Waals surface area contributed by atoms with Gasteiger partial charge in [-0.2, -0.15) is 0 Å². The number of nitrogens with zero attached hydrogens (tertiary/aromatic N) is 2. The van der Waals surface area contributed by atoms with Gasteiger partial charge in [-0.1, -0.05) is 26.0 Å². The summed E-state index contributed by atoms with van der Waals surface area (Å²) in [7, 11) is 0. The van der Waals surface area contributed by atoms with Gasteiger partial charge in [0.2, 0.25) is 0 Å². The first-order chi connectivity index (χ1) is 10.0. The van der Waals surface area contributed by atoms with Crippen LogP contribution in [-0.4, -0.2) is 23.1 Å². The Balaban J connectivity index is 1.86. The van der Waals surface area contributed by atoms with E-state index in [4.69, 9.17) is 4.74 Å². The first-order valence-corrected chi connectivity index (χ1v) is 7.81. The molecule has 1 heterocycles. The largest absolute Gasteiger partial charge is 0.492 e. The van der Waals surface area contributed by atoms with Crippen LogP contribution in [0.1, 0.15) is 31.2 Å². The molecule has 0 aliphatic rings. The van der Waals surface area contributed by atoms with Crippen molar-refractivity contribution >= 4 is 21.7 Å². The summed E-state index contributed by atoms with van der Waals surface area (Å²) in [5.74, 6) is 2.83. The van der Waals surface area contributed by atoms with Crippen LogP contribution in [0.3, 0.4) is 0 Å². The zero-order chi connectivity index (χ0) is 15.2. The van der Waals surface area contributed by atoms with Gasteiger partial charge in [0.05, 0.1) is 6.54 Å². The molecule has 21 heavy (non-hydrogen) atoms. The van der Waals surface area contributed by atoms with Crippen LogP contribution in [0.15, 0.2) is 34.9 Å². The third-order valence-electron chi connectivity index (χ3n) is 2.90. The van der Waals surface area contributed by atoms with Crippen LogP contribution in [0.4, 0.5) is 5.82 Å². The lowest BCUT2D eigenvalue weighted by molar-refractivity contribution is 0.332. The number of benzene rings is 1. The highest BCUT2D eigenvalue weighted by Gasteiger charge is 2.06. The molecule has 0 saturated carbocycles. The zero-order valence-corrected chi connectivity index (χ0v) is 14.1. The highest BCUT2D eigenvalue weighted by Crippen LogP contribution is 2.17. The molecule has 0 atom stereocenters. The Morgan fingerprint density at radius 3 is 2.76 bits per heavy atom. The Bertz CT molecular complexity index is 602. The van der Waals surface area contributed by atoms with Gasteiger partial charge in [0.25, 0.3) is 0 Å². The monoisotopic (exact) mass is 349 g/mol. The van der Waals surface area contributed by atoms with Gasteiger partial charge in [-0.25, -0.2) is 9.97 Å². The second-order valence-electron chi connectivity index (χ2n) is 5.18. The van der Waals surface area contributed by atoms with E-state index in [0.717, 1.165) is 22.0 Å². The van der Waals surface area contributed by atoms with E-state index in [1.54, 1.807) is 0 Å². The van der Waals surface area contributed by atoms with E-state index in [-0.39, 0.29) is 0 Å². The van der Waals surface area contributed by atoms with E-state index in [1.807, 2.05) is 24.3 Å². The van der Waals surface area contributed by atoms with Crippen molar-refractivity contribution in [1.29, 1.82) is 0 Å². The van der Waals surface area contributed by atoms with Gasteiger partial charge in [-0.3, -0.25) is 0 Å². The summed E-state index contributed by atoms with van der Waals surface area (Å²) in [5.41, 5.74) is 1.20. The lowest BCUT2D eigenvalue weighted by Gasteiger charge is -2.11. The van der Waals surface area contributed by atoms with Gasteiger partial charge in [-0.05, 0) is 40.5 Å². The van der Waals surface area contributed by atoms with Crippen LogP contribution in [0.2, 0.25) is 0 Å². The molecule has 2 aromatic rings. The molecule has 0 bridgehead atoms. The standard InChI is InChI=1S/C16H20BrN3O/c1-11(2)16-19-14(17)10-15(20-16)18-7-8-21-13-6-4-5-12(3)9-13/h4-6,9-11H,7-8H2,1-3H3,(H,18,19,20). The maximum absolute atomic E-state index is 5.70. The second-order valence-corrected chi connectivity index (χ2v) is 5.99. The Morgan fingerprint density at radius 1 is 1.24 bits per heavy atom. The Morgan fingerprint density at radius 2 is 2.05 bits per heavy atom. The average molecular weight is 350 g/mol. The first-order valence-electron chi connectivity index (χ1n) is 7.02. The summed E-state index contributed by atoms with van der Waals surface area (Å²) in [5, 5.41) is 3.26. The molecule has 4 nitrogen and oxygen atoms in total. The lowest BCUT2D eigenvalue weighted by atomic mass is 10.2. The summed E-state index contributed by atoms with van der Waals surface area (Å²) < 4.78 is 6.49. The second kappa shape index (κ2) is 7.41. The molecule has 0 aliphatic carbocycles. The molecule has 0 radical (unpaired) electrons. The Labute approximate surface area is 134 Å². The van der Waals surface area contributed by atoms with Crippen molar-refractivity contribution in [3.63, 3.8) is 0 Å². The van der Waals surface area contributed by atoms with Crippen LogP contribution < -0.4 is 10.1 Å². The fourth-order valence-corrected chi connectivity index (χ4v) is 2.24. The topological polar surface area (TPSA) is 47.0 Å². The molecule has 112 valence electrons. The SMILES string of the molecule is Cc1cccc(OCCNc2cc(Br)nc(C(C)C)n2)c1. The van der Waals surface area contributed by atoms with E-state index in [9.17, 15) is 0 Å². The maximum atomic E-state index is 5.70. The first kappa shape index (κ1) is 15.8. The van der Waals surface area contributed by atoms with Gasteiger partial charge in [0.15, 0.2) is 0 Å². The highest BCUT2D eigenvalue weighted by atomic mass is 79.9. The number of aryl methyl sites for hydroxylation is 1. The molecule has 5 heteroatoms. The van der Waals surface area contributed by atoms with Gasteiger partial charge in [0.1, 0.15) is 28.6 Å². The molecular weight excluding hydrogens is 330 g/mol. The predicted octanol–water partition coefficient (Wildman–Crippen LogP) is 4.16. The van der Waals surface area contributed by atoms with Gasteiger partial charge < -0.3 is 10.1 Å². The van der Waals surface area contributed by atoms with E-state index >= 15 is 0 Å². The summed E-state index contributed by atoms with van der Waals surface area (Å²) >= 11 is 3.41. The van der Waals surface area contributed by atoms with Crippen molar-refractivity contribution in [3.8, 4) is 5.75 Å². The van der Waals surface area contributed by atoms with Crippen molar-refractivity contribution in [3.05, 3.63) is 46.3 Å². The van der Waals surface area contributed by atoms with Gasteiger partial charge in [-0.15, -0.1) is 0 Å². The van der Waals surface area contributed by atoms with Crippen molar-refractivity contribution in [2.24, 2.45) is 0 Å². The number of nitrogens with one attached hydrogen (secondary N) is 1. The number of rotatable bonds is 6. The minimum Gasteiger partial charge on any atom is -0.492 e. The molecule has 0 amide bonds. The molecule has 0 aliphatic heterocycles. The Hall–Kier alpha value is -1.62. The molecule has 1 aromatic carbocycles. The molecule has 1 aromatic heterocycles. The number of anilines is 1. The quantitative estimate of drug-likeness (QED) is 0.628. The van der Waals surface area contributed by atoms with Crippen LogP contribution in [0.25, 0.3) is 0 Å². The molecule has 1 N–H and O–H groups in total. The van der Waals surface area contributed by atoms with Crippen LogP contribution >= 0.6 is 15.9 Å². The van der Waals surface area contributed by atoms with Crippen molar-refractivity contribution < 1.29 is 4.74 Å². The fraction of sp³-hybridized carbons (Fsp3) is 0.375. The van der Waals surface area contributed by atoms with Gasteiger partial charge >= 0.3 is 0 Å². The summed E-state index contributed by atoms with van der Waals surface area (Å²) in [4.78, 5) is 8.84. The number of hydrogen-bond acceptors (Lipinski definition) is 4. The molecule has 0 saturated heterocycles. The van der Waals surface area contributed by atoms with Crippen molar-refractivity contribution in [2.45, 2.75) is 26.7 Å². The molecule has 0 unspecified atom stereocenters. The number of aromatic nitrogens is 2. The molecular formula is C16H20BrN3O. The van der Waals surface area contributed by atoms with Crippen LogP contribution in [0, 0.1) is 6.92 Å². The van der Waals surface area contributed by atoms with E-state index in [1.165, 1.54) is 5.56 Å². The van der Waals surface area contributed by atoms with Crippen LogP contribution in [0.5, 0.6) is 5.75 Å². The van der Waals surface area contributed by atoms with Crippen molar-refractivity contribution in [2.75, 3.05) is 18.5 Å². The Kier molecular flexibility index (Phi) is 5.56. The lowest BCUT2D eigenvalue weighted by Crippen LogP contribution is -2.13. The number of ether oxygens (including phenoxy) is 1. The van der Waals surface area contributed by atoms with Gasteiger partial charge in [0, 0.05) is 12.0 Å². The highest BCUT2D eigenvalue weighted by molar-refractivity contribution is 9.10. The predicted molar refractivity (Wildman–Crippen MR) is 89.0 cm³/mol. The summed E-state index contributed by atoms with van der Waals surface area (Å²) in [6.45, 7) is 7.48. The third kappa shape index (κ3) is 5.01. The van der Waals surface area contributed by atoms with Crippen LogP contribution in [-0.2, 0) is 0 Å². The summed E-state index contributed by atoms with van der Waals surface area (Å²) in [6.07, 6.45) is 0. The summed E-state index contributed by atoms with van der Waals surface area (Å²) in [6, 6.07) is 9.91. The third-order valence-corrected chi connectivity index (χ3v) is 3.30. The average Bonchev–Trinajstić information content (AvgIpc) is 2.43. The minimum absolute atomic E-state index is 0.298. The normalized spacial score (nSPS) is 10.7. The maximum Gasteiger partial charge on any atom is 0.134 e. The smallest absolute Gasteiger partial charge is 0.134 e. The molecule has 0 fully saturated rings. The number of halogens is 1. The molecule has 2 rings (SSSR count). The fourth-order valence-electron chi connectivity index (χ4n) is 1.84. The number of hydrogen-bond donors (Lipinski definition) is 1. The van der Waals surface area contributed by atoms with E-state index in [2.05, 4.69) is 58.1 Å².